The van der Waals surface area contributed by atoms with Crippen LogP contribution < -0.4 is 0 Å². The van der Waals surface area contributed by atoms with Gasteiger partial charge in [-0.3, -0.25) is 4.79 Å². The number of hydrogen-bond acceptors (Lipinski definition) is 4. The molecule has 4 heteroatoms. The quantitative estimate of drug-likeness (QED) is 0.579. The van der Waals surface area contributed by atoms with Crippen LogP contribution in [-0.4, -0.2) is 36.0 Å². The molecule has 174 valence electrons. The Kier molecular flexibility index (Phi) is 5.88. The summed E-state index contributed by atoms with van der Waals surface area (Å²) in [6.45, 7) is 5.53. The molecule has 0 amide bonds. The lowest BCUT2D eigenvalue weighted by Gasteiger charge is -2.58. The Balaban J connectivity index is 1.38. The molecule has 0 aliphatic heterocycles. The van der Waals surface area contributed by atoms with Gasteiger partial charge in [-0.25, -0.2) is 0 Å². The second-order valence-electron chi connectivity index (χ2n) is 11.5. The van der Waals surface area contributed by atoms with Gasteiger partial charge in [-0.05, 0) is 94.0 Å². The predicted molar refractivity (Wildman–Crippen MR) is 120 cm³/mol. The van der Waals surface area contributed by atoms with E-state index in [4.69, 9.17) is 9.47 Å². The highest BCUT2D eigenvalue weighted by Gasteiger charge is 2.61. The lowest BCUT2D eigenvalue weighted by atomic mass is 9.47. The molecule has 4 saturated carbocycles. The minimum absolute atomic E-state index is 0.132. The number of aliphatic hydroxyl groups excluding tert-OH is 1. The molecular weight excluding hydrogens is 388 g/mol. The van der Waals surface area contributed by atoms with Gasteiger partial charge in [-0.2, -0.15) is 0 Å². The monoisotopic (exact) mass is 430 g/mol. The molecule has 5 rings (SSSR count). The fourth-order valence-corrected chi connectivity index (χ4v) is 8.71. The topological polar surface area (TPSA) is 55.8 Å². The zero-order chi connectivity index (χ0) is 21.7. The van der Waals surface area contributed by atoms with E-state index in [1.807, 2.05) is 6.08 Å². The van der Waals surface area contributed by atoms with Crippen LogP contribution >= 0.6 is 0 Å². The molecule has 0 saturated heterocycles. The minimum atomic E-state index is -0.356. The Morgan fingerprint density at radius 2 is 1.81 bits per heavy atom. The van der Waals surface area contributed by atoms with Gasteiger partial charge in [0.1, 0.15) is 0 Å². The third-order valence-corrected chi connectivity index (χ3v) is 10.3. The van der Waals surface area contributed by atoms with Gasteiger partial charge in [-0.1, -0.05) is 18.9 Å². The summed E-state index contributed by atoms with van der Waals surface area (Å²) in [5.74, 6) is 1.75. The number of fused-ring (bicyclic) bond motifs is 5. The standard InChI is InChI=1S/C27H42O4/c1-3-30-27(13-5-4-6-14-27)31-24-10-9-22-21-8-7-19-17-20(29)11-16-26(19,18-28)23(21)12-15-25(22,24)2/h17,21-24,28H,3-16,18H2,1-2H3/t21-,22-,23-,24-,25-,26+/m0/s1. The number of aliphatic hydroxyl groups is 1. The van der Waals surface area contributed by atoms with Gasteiger partial charge in [0.2, 0.25) is 0 Å². The number of ether oxygens (including phenoxy) is 2. The molecule has 5 aliphatic rings. The molecule has 0 bridgehead atoms. The van der Waals surface area contributed by atoms with Gasteiger partial charge >= 0.3 is 0 Å². The average Bonchev–Trinajstić information content (AvgIpc) is 3.10. The number of ketones is 1. The van der Waals surface area contributed by atoms with E-state index >= 15 is 0 Å². The first kappa shape index (κ1) is 22.1. The van der Waals surface area contributed by atoms with Gasteiger partial charge in [0.05, 0.1) is 12.7 Å². The first-order valence-electron chi connectivity index (χ1n) is 13.1. The molecule has 0 aromatic carbocycles. The van der Waals surface area contributed by atoms with E-state index in [1.54, 1.807) is 0 Å². The Labute approximate surface area is 188 Å². The van der Waals surface area contributed by atoms with E-state index in [0.29, 0.717) is 24.2 Å². The fraction of sp³-hybridized carbons (Fsp3) is 0.889. The SMILES string of the molecule is CCOC1(O[C@H]2CC[C@H]3[C@@H]4CCC5=CC(=O)CC[C@]5(CO)[C@H]4CC[C@]23C)CCCCC1. The summed E-state index contributed by atoms with van der Waals surface area (Å²) >= 11 is 0. The van der Waals surface area contributed by atoms with Crippen molar-refractivity contribution in [2.45, 2.75) is 109 Å². The maximum Gasteiger partial charge on any atom is 0.168 e. The van der Waals surface area contributed by atoms with Crippen molar-refractivity contribution in [3.8, 4) is 0 Å². The van der Waals surface area contributed by atoms with Crippen molar-refractivity contribution in [1.29, 1.82) is 0 Å². The van der Waals surface area contributed by atoms with Crippen LogP contribution in [0.25, 0.3) is 0 Å². The van der Waals surface area contributed by atoms with Crippen LogP contribution in [0.4, 0.5) is 0 Å². The first-order valence-corrected chi connectivity index (χ1v) is 13.1. The maximum absolute atomic E-state index is 12.1. The molecule has 1 N–H and O–H groups in total. The van der Waals surface area contributed by atoms with E-state index in [1.165, 1.54) is 44.1 Å². The molecule has 4 nitrogen and oxygen atoms in total. The zero-order valence-electron chi connectivity index (χ0n) is 19.7. The lowest BCUT2D eigenvalue weighted by molar-refractivity contribution is -0.289. The van der Waals surface area contributed by atoms with E-state index < -0.39 is 0 Å². The third-order valence-electron chi connectivity index (χ3n) is 10.3. The molecule has 0 aromatic heterocycles. The number of rotatable bonds is 5. The fourth-order valence-electron chi connectivity index (χ4n) is 8.71. The van der Waals surface area contributed by atoms with Crippen molar-refractivity contribution in [3.05, 3.63) is 11.6 Å². The van der Waals surface area contributed by atoms with E-state index in [-0.39, 0.29) is 35.1 Å². The summed E-state index contributed by atoms with van der Waals surface area (Å²) < 4.78 is 13.3. The number of carbonyl (C=O) groups is 1. The van der Waals surface area contributed by atoms with Crippen molar-refractivity contribution in [2.24, 2.45) is 28.6 Å². The van der Waals surface area contributed by atoms with Crippen molar-refractivity contribution in [3.63, 3.8) is 0 Å². The van der Waals surface area contributed by atoms with Gasteiger partial charge in [0.15, 0.2) is 11.6 Å². The summed E-state index contributed by atoms with van der Waals surface area (Å²) in [6.07, 6.45) is 16.4. The summed E-state index contributed by atoms with van der Waals surface area (Å²) in [6, 6.07) is 0. The second kappa shape index (κ2) is 8.25. The molecule has 0 spiro atoms. The van der Waals surface area contributed by atoms with E-state index in [2.05, 4.69) is 13.8 Å². The number of carbonyl (C=O) groups excluding carboxylic acids is 1. The first-order chi connectivity index (χ1) is 15.0. The van der Waals surface area contributed by atoms with Gasteiger partial charge in [0.25, 0.3) is 0 Å². The lowest BCUT2D eigenvalue weighted by Crippen LogP contribution is -2.54. The van der Waals surface area contributed by atoms with Crippen molar-refractivity contribution < 1.29 is 19.4 Å². The van der Waals surface area contributed by atoms with Crippen LogP contribution in [0.5, 0.6) is 0 Å². The largest absolute Gasteiger partial charge is 0.395 e. The molecule has 0 aromatic rings. The zero-order valence-corrected chi connectivity index (χ0v) is 19.7. The van der Waals surface area contributed by atoms with Crippen molar-refractivity contribution >= 4 is 5.78 Å². The summed E-state index contributed by atoms with van der Waals surface area (Å²) in [7, 11) is 0. The van der Waals surface area contributed by atoms with Gasteiger partial charge < -0.3 is 14.6 Å². The summed E-state index contributed by atoms with van der Waals surface area (Å²) in [5, 5.41) is 10.6. The van der Waals surface area contributed by atoms with Crippen LogP contribution in [-0.2, 0) is 14.3 Å². The van der Waals surface area contributed by atoms with Crippen molar-refractivity contribution in [2.75, 3.05) is 13.2 Å². The van der Waals surface area contributed by atoms with Gasteiger partial charge in [0, 0.05) is 31.3 Å². The highest BCUT2D eigenvalue weighted by molar-refractivity contribution is 5.91. The average molecular weight is 431 g/mol. The highest BCUT2D eigenvalue weighted by atomic mass is 16.7. The van der Waals surface area contributed by atoms with Crippen molar-refractivity contribution in [1.82, 2.24) is 0 Å². The van der Waals surface area contributed by atoms with E-state index in [9.17, 15) is 9.90 Å². The Bertz CT molecular complexity index is 717. The molecule has 6 atom stereocenters. The van der Waals surface area contributed by atoms with Crippen LogP contribution in [0, 0.1) is 28.6 Å². The smallest absolute Gasteiger partial charge is 0.168 e. The third kappa shape index (κ3) is 3.47. The molecule has 31 heavy (non-hydrogen) atoms. The summed E-state index contributed by atoms with van der Waals surface area (Å²) in [5.41, 5.74) is 1.34. The Hall–Kier alpha value is -0.710. The molecule has 0 radical (unpaired) electrons. The number of hydrogen-bond donors (Lipinski definition) is 1. The molecule has 4 fully saturated rings. The van der Waals surface area contributed by atoms with E-state index in [0.717, 1.165) is 45.1 Å². The Morgan fingerprint density at radius 3 is 2.55 bits per heavy atom. The normalized spacial score (nSPS) is 44.2. The molecule has 5 aliphatic carbocycles. The molecule has 0 heterocycles. The van der Waals surface area contributed by atoms with Crippen LogP contribution in [0.15, 0.2) is 11.6 Å². The van der Waals surface area contributed by atoms with Crippen LogP contribution in [0.2, 0.25) is 0 Å². The molecular formula is C27H42O4. The minimum Gasteiger partial charge on any atom is -0.395 e. The van der Waals surface area contributed by atoms with Gasteiger partial charge in [-0.15, -0.1) is 0 Å². The second-order valence-corrected chi connectivity index (χ2v) is 11.5. The maximum atomic E-state index is 12.1. The van der Waals surface area contributed by atoms with Crippen LogP contribution in [0.1, 0.15) is 97.3 Å². The Morgan fingerprint density at radius 1 is 1.00 bits per heavy atom. The highest BCUT2D eigenvalue weighted by Crippen LogP contribution is 2.66. The van der Waals surface area contributed by atoms with Crippen LogP contribution in [0.3, 0.4) is 0 Å². The predicted octanol–water partition coefficient (Wildman–Crippen LogP) is 5.57. The summed E-state index contributed by atoms with van der Waals surface area (Å²) in [4.78, 5) is 12.1. The molecule has 0 unspecified atom stereocenters.